The van der Waals surface area contributed by atoms with Crippen LogP contribution in [0.1, 0.15) is 23.4 Å². The minimum Gasteiger partial charge on any atom is -0.496 e. The molecule has 0 aliphatic carbocycles. The second-order valence-electron chi connectivity index (χ2n) is 8.14. The Morgan fingerprint density at radius 3 is 2.84 bits per heavy atom. The van der Waals surface area contributed by atoms with Crippen molar-refractivity contribution < 1.29 is 14.3 Å². The van der Waals surface area contributed by atoms with Crippen molar-refractivity contribution in [2.24, 2.45) is 7.05 Å². The number of carbonyl (C=O) groups is 2. The van der Waals surface area contributed by atoms with E-state index in [1.165, 1.54) is 0 Å². The van der Waals surface area contributed by atoms with Gasteiger partial charge in [0.25, 0.3) is 0 Å². The standard InChI is InChI=1S/C24H29N5O3/c1-16-12-17(8-9-21(16)32-3)15-29-11-10-25-24(31)20(29)13-23(30)26-14-22-27-18-6-4-5-7-19(18)28(22)2/h4-9,12,20H,10-11,13-15H2,1-3H3,(H,25,31)(H,26,30). The van der Waals surface area contributed by atoms with Crippen molar-refractivity contribution in [2.45, 2.75) is 32.5 Å². The number of amides is 2. The van der Waals surface area contributed by atoms with Crippen molar-refractivity contribution in [3.05, 3.63) is 59.4 Å². The van der Waals surface area contributed by atoms with Gasteiger partial charge in [0.1, 0.15) is 11.6 Å². The van der Waals surface area contributed by atoms with Crippen molar-refractivity contribution >= 4 is 22.8 Å². The third-order valence-corrected chi connectivity index (χ3v) is 5.99. The van der Waals surface area contributed by atoms with Crippen LogP contribution in [0.4, 0.5) is 0 Å². The Morgan fingerprint density at radius 2 is 2.09 bits per heavy atom. The smallest absolute Gasteiger partial charge is 0.237 e. The van der Waals surface area contributed by atoms with E-state index in [0.29, 0.717) is 26.2 Å². The Labute approximate surface area is 187 Å². The zero-order chi connectivity index (χ0) is 22.7. The number of carbonyl (C=O) groups excluding carboxylic acids is 2. The predicted molar refractivity (Wildman–Crippen MR) is 122 cm³/mol. The Bertz CT molecular complexity index is 1140. The number of aryl methyl sites for hydroxylation is 2. The Kier molecular flexibility index (Phi) is 6.41. The summed E-state index contributed by atoms with van der Waals surface area (Å²) < 4.78 is 7.31. The van der Waals surface area contributed by atoms with Gasteiger partial charge < -0.3 is 19.9 Å². The molecule has 2 heterocycles. The predicted octanol–water partition coefficient (Wildman–Crippen LogP) is 1.90. The monoisotopic (exact) mass is 435 g/mol. The highest BCUT2D eigenvalue weighted by molar-refractivity contribution is 5.88. The molecule has 1 aromatic heterocycles. The fourth-order valence-electron chi connectivity index (χ4n) is 4.23. The zero-order valence-corrected chi connectivity index (χ0v) is 18.7. The molecule has 1 unspecified atom stereocenters. The number of aromatic nitrogens is 2. The molecular formula is C24H29N5O3. The molecule has 0 saturated carbocycles. The molecule has 8 heteroatoms. The normalized spacial score (nSPS) is 16.7. The van der Waals surface area contributed by atoms with Crippen LogP contribution in [0.3, 0.4) is 0 Å². The van der Waals surface area contributed by atoms with Crippen LogP contribution in [-0.4, -0.2) is 52.5 Å². The summed E-state index contributed by atoms with van der Waals surface area (Å²) in [5, 5.41) is 5.82. The number of para-hydroxylation sites is 2. The fourth-order valence-corrected chi connectivity index (χ4v) is 4.23. The van der Waals surface area contributed by atoms with Crippen molar-refractivity contribution in [1.29, 1.82) is 0 Å². The van der Waals surface area contributed by atoms with Gasteiger partial charge in [-0.3, -0.25) is 14.5 Å². The highest BCUT2D eigenvalue weighted by Gasteiger charge is 2.31. The topological polar surface area (TPSA) is 88.5 Å². The summed E-state index contributed by atoms with van der Waals surface area (Å²) in [4.78, 5) is 31.9. The quantitative estimate of drug-likeness (QED) is 0.592. The molecule has 168 valence electrons. The maximum Gasteiger partial charge on any atom is 0.237 e. The lowest BCUT2D eigenvalue weighted by Crippen LogP contribution is -2.56. The molecule has 32 heavy (non-hydrogen) atoms. The first-order valence-electron chi connectivity index (χ1n) is 10.8. The van der Waals surface area contributed by atoms with E-state index in [0.717, 1.165) is 33.7 Å². The van der Waals surface area contributed by atoms with Gasteiger partial charge in [-0.2, -0.15) is 0 Å². The zero-order valence-electron chi connectivity index (χ0n) is 18.7. The van der Waals surface area contributed by atoms with Gasteiger partial charge in [0.15, 0.2) is 0 Å². The lowest BCUT2D eigenvalue weighted by molar-refractivity contribution is -0.134. The number of imidazole rings is 1. The van der Waals surface area contributed by atoms with Crippen molar-refractivity contribution in [3.63, 3.8) is 0 Å². The summed E-state index contributed by atoms with van der Waals surface area (Å²) in [7, 11) is 3.59. The van der Waals surface area contributed by atoms with Gasteiger partial charge >= 0.3 is 0 Å². The number of hydrogen-bond donors (Lipinski definition) is 2. The molecule has 4 rings (SSSR count). The lowest BCUT2D eigenvalue weighted by atomic mass is 10.1. The molecular weight excluding hydrogens is 406 g/mol. The molecule has 2 amide bonds. The van der Waals surface area contributed by atoms with Crippen LogP contribution >= 0.6 is 0 Å². The number of ether oxygens (including phenoxy) is 1. The van der Waals surface area contributed by atoms with Gasteiger partial charge in [-0.05, 0) is 36.2 Å². The van der Waals surface area contributed by atoms with E-state index in [-0.39, 0.29) is 18.2 Å². The summed E-state index contributed by atoms with van der Waals surface area (Å²) >= 11 is 0. The molecule has 1 aliphatic heterocycles. The molecule has 0 bridgehead atoms. The van der Waals surface area contributed by atoms with Crippen LogP contribution in [0, 0.1) is 6.92 Å². The lowest BCUT2D eigenvalue weighted by Gasteiger charge is -2.34. The molecule has 1 atom stereocenters. The van der Waals surface area contributed by atoms with Crippen molar-refractivity contribution in [3.8, 4) is 5.75 Å². The number of benzene rings is 2. The molecule has 1 fully saturated rings. The Hall–Kier alpha value is -3.39. The number of nitrogens with one attached hydrogen (secondary N) is 2. The van der Waals surface area contributed by atoms with Crippen molar-refractivity contribution in [1.82, 2.24) is 25.1 Å². The molecule has 8 nitrogen and oxygen atoms in total. The summed E-state index contributed by atoms with van der Waals surface area (Å²) in [6.07, 6.45) is 0.102. The number of methoxy groups -OCH3 is 1. The van der Waals surface area contributed by atoms with E-state index >= 15 is 0 Å². The van der Waals surface area contributed by atoms with Gasteiger partial charge in [0.05, 0.1) is 37.2 Å². The van der Waals surface area contributed by atoms with Crippen LogP contribution in [-0.2, 0) is 29.7 Å². The van der Waals surface area contributed by atoms with E-state index in [1.54, 1.807) is 7.11 Å². The first kappa shape index (κ1) is 21.8. The SMILES string of the molecule is COc1ccc(CN2CCNC(=O)C2CC(=O)NCc2nc3ccccc3n2C)cc1C. The average Bonchev–Trinajstić information content (AvgIpc) is 3.10. The van der Waals surface area contributed by atoms with Crippen LogP contribution in [0.25, 0.3) is 11.0 Å². The maximum absolute atomic E-state index is 12.7. The van der Waals surface area contributed by atoms with E-state index in [1.807, 2.05) is 54.9 Å². The van der Waals surface area contributed by atoms with Crippen LogP contribution < -0.4 is 15.4 Å². The second kappa shape index (κ2) is 9.40. The molecule has 0 radical (unpaired) electrons. The summed E-state index contributed by atoms with van der Waals surface area (Å²) in [6.45, 7) is 4.18. The Morgan fingerprint density at radius 1 is 1.28 bits per heavy atom. The Balaban J connectivity index is 1.40. The summed E-state index contributed by atoms with van der Waals surface area (Å²) in [6, 6.07) is 13.4. The van der Waals surface area contributed by atoms with Gasteiger partial charge in [0, 0.05) is 26.7 Å². The molecule has 3 aromatic rings. The largest absolute Gasteiger partial charge is 0.496 e. The van der Waals surface area contributed by atoms with Crippen LogP contribution in [0.5, 0.6) is 5.75 Å². The van der Waals surface area contributed by atoms with Crippen LogP contribution in [0.2, 0.25) is 0 Å². The first-order valence-corrected chi connectivity index (χ1v) is 10.8. The highest BCUT2D eigenvalue weighted by Crippen LogP contribution is 2.21. The van der Waals surface area contributed by atoms with Gasteiger partial charge in [-0.25, -0.2) is 4.98 Å². The number of fused-ring (bicyclic) bond motifs is 1. The third kappa shape index (κ3) is 4.60. The average molecular weight is 436 g/mol. The van der Waals surface area contributed by atoms with E-state index in [2.05, 4.69) is 26.6 Å². The van der Waals surface area contributed by atoms with Gasteiger partial charge in [0.2, 0.25) is 11.8 Å². The van der Waals surface area contributed by atoms with E-state index < -0.39 is 6.04 Å². The van der Waals surface area contributed by atoms with E-state index in [4.69, 9.17) is 4.74 Å². The minimum atomic E-state index is -0.508. The number of nitrogens with zero attached hydrogens (tertiary/aromatic N) is 3. The minimum absolute atomic E-state index is 0.102. The molecule has 2 aromatic carbocycles. The molecule has 1 saturated heterocycles. The maximum atomic E-state index is 12.7. The first-order chi connectivity index (χ1) is 15.5. The van der Waals surface area contributed by atoms with Gasteiger partial charge in [-0.15, -0.1) is 0 Å². The number of rotatable bonds is 7. The number of piperazine rings is 1. The number of hydrogen-bond acceptors (Lipinski definition) is 5. The molecule has 0 spiro atoms. The van der Waals surface area contributed by atoms with E-state index in [9.17, 15) is 9.59 Å². The molecule has 1 aliphatic rings. The van der Waals surface area contributed by atoms with Crippen molar-refractivity contribution in [2.75, 3.05) is 20.2 Å². The van der Waals surface area contributed by atoms with Crippen LogP contribution in [0.15, 0.2) is 42.5 Å². The fraction of sp³-hybridized carbons (Fsp3) is 0.375. The highest BCUT2D eigenvalue weighted by atomic mass is 16.5. The second-order valence-corrected chi connectivity index (χ2v) is 8.14. The van der Waals surface area contributed by atoms with Gasteiger partial charge in [-0.1, -0.05) is 24.3 Å². The molecule has 2 N–H and O–H groups in total. The summed E-state index contributed by atoms with van der Waals surface area (Å²) in [5.74, 6) is 1.33. The summed E-state index contributed by atoms with van der Waals surface area (Å²) in [5.41, 5.74) is 4.04. The third-order valence-electron chi connectivity index (χ3n) is 5.99.